The number of benzene rings is 1. The van der Waals surface area contributed by atoms with E-state index in [0.29, 0.717) is 19.3 Å². The number of primary amides is 1. The first-order valence-corrected chi connectivity index (χ1v) is 12.7. The molecule has 2 amide bonds. The van der Waals surface area contributed by atoms with Gasteiger partial charge in [0.15, 0.2) is 0 Å². The molecule has 7 nitrogen and oxygen atoms in total. The molecule has 2 unspecified atom stereocenters. The number of fused-ring (bicyclic) bond motifs is 1. The molecule has 1 aromatic carbocycles. The van der Waals surface area contributed by atoms with Crippen molar-refractivity contribution in [1.29, 1.82) is 0 Å². The Bertz CT molecular complexity index is 889. The number of H-pyrrole nitrogens is 1. The van der Waals surface area contributed by atoms with Crippen LogP contribution in [0, 0.1) is 0 Å². The zero-order chi connectivity index (χ0) is 24.3. The van der Waals surface area contributed by atoms with Crippen LogP contribution in [0.3, 0.4) is 0 Å². The van der Waals surface area contributed by atoms with Gasteiger partial charge in [-0.25, -0.2) is 4.98 Å². The van der Waals surface area contributed by atoms with E-state index in [4.69, 9.17) is 5.73 Å². The monoisotopic (exact) mass is 490 g/mol. The van der Waals surface area contributed by atoms with Crippen molar-refractivity contribution in [2.75, 3.05) is 0 Å². The van der Waals surface area contributed by atoms with Gasteiger partial charge in [0.1, 0.15) is 11.6 Å². The summed E-state index contributed by atoms with van der Waals surface area (Å²) in [5.74, 6) is -0.701. The van der Waals surface area contributed by atoms with Crippen molar-refractivity contribution < 1.29 is 26.6 Å². The molecule has 0 radical (unpaired) electrons. The first kappa shape index (κ1) is 27.0. The summed E-state index contributed by atoms with van der Waals surface area (Å²) >= 11 is 2.06. The first-order chi connectivity index (χ1) is 16.0. The van der Waals surface area contributed by atoms with E-state index in [9.17, 15) is 9.59 Å². The number of hydrogen-bond acceptors (Lipinski definition) is 4. The van der Waals surface area contributed by atoms with E-state index in [0.717, 1.165) is 37.8 Å². The van der Waals surface area contributed by atoms with E-state index in [2.05, 4.69) is 68.8 Å². The summed E-state index contributed by atoms with van der Waals surface area (Å²) in [6.45, 7) is 4.33. The van der Waals surface area contributed by atoms with E-state index in [1.807, 2.05) is 12.1 Å². The molecule has 0 bridgehead atoms. The second kappa shape index (κ2) is 13.5. The second-order valence-corrected chi connectivity index (χ2v) is 8.63. The van der Waals surface area contributed by atoms with Gasteiger partial charge in [-0.1, -0.05) is 51.0 Å². The Balaban J connectivity index is 0.00000187. The van der Waals surface area contributed by atoms with Crippen LogP contribution in [-0.4, -0.2) is 44.6 Å². The number of carbonyl (C=O) groups is 2. The first-order valence-electron chi connectivity index (χ1n) is 11.7. The zero-order valence-electron chi connectivity index (χ0n) is 19.8. The number of rotatable bonds is 11. The molecular weight excluding hydrogens is 453 g/mol. The van der Waals surface area contributed by atoms with Crippen molar-refractivity contribution in [1.82, 2.24) is 20.6 Å². The van der Waals surface area contributed by atoms with Gasteiger partial charge in [0.25, 0.3) is 0 Å². The topological polar surface area (TPSA) is 113 Å². The fourth-order valence-corrected chi connectivity index (χ4v) is 4.47. The fourth-order valence-electron chi connectivity index (χ4n) is 4.47. The normalized spacial score (nSPS) is 18.8. The van der Waals surface area contributed by atoms with Gasteiger partial charge in [-0.15, -0.1) is 0 Å². The van der Waals surface area contributed by atoms with Gasteiger partial charge in [-0.05, 0) is 43.2 Å². The summed E-state index contributed by atoms with van der Waals surface area (Å²) < 4.78 is 0. The third-order valence-electron chi connectivity index (χ3n) is 6.37. The molecule has 3 atom stereocenters. The number of nitrogens with one attached hydrogen (secondary N) is 3. The number of nitrogens with zero attached hydrogens (tertiary/aromatic N) is 1. The Morgan fingerprint density at radius 2 is 2.00 bits per heavy atom. The molecule has 0 saturated heterocycles. The van der Waals surface area contributed by atoms with E-state index >= 15 is 0 Å². The molecule has 1 aliphatic rings. The van der Waals surface area contributed by atoms with Gasteiger partial charge in [0, 0.05) is 24.4 Å². The fraction of sp³-hybridized carbons (Fsp3) is 0.520. The van der Waals surface area contributed by atoms with Crippen LogP contribution in [0.4, 0.5) is 0 Å². The Hall–Kier alpha value is -2.22. The van der Waals surface area contributed by atoms with Crippen LogP contribution in [0.5, 0.6) is 0 Å². The number of unbranched alkanes of at least 4 members (excludes halogenated alkanes) is 1. The van der Waals surface area contributed by atoms with Crippen molar-refractivity contribution in [3.8, 4) is 0 Å². The van der Waals surface area contributed by atoms with Crippen molar-refractivity contribution in [3.63, 3.8) is 0 Å². The average molecular weight is 491 g/mol. The van der Waals surface area contributed by atoms with Crippen molar-refractivity contribution >= 4 is 17.0 Å². The van der Waals surface area contributed by atoms with Crippen LogP contribution in [0.1, 0.15) is 62.8 Å². The number of aromatic nitrogens is 2. The minimum atomic E-state index is -0.792. The standard InChI is InChI=1S/C24H35N5O2.CH2.V/c1-3-5-10-19(4-2)29-24(12-11-17-8-6-7-9-18(17)14-24)23(31)28-21(22(25)30)13-20-15-26-16-27-20;;/h6-9,15-16,19,21,29H,3-5,10-14H2,1-2H3,(H2,25,30)(H,26,27)(H,28,31);1H2;/t19?,21-,24?;;/m1../s1. The van der Waals surface area contributed by atoms with Gasteiger partial charge >= 0.3 is 22.2 Å². The number of hydrogen-bond donors (Lipinski definition) is 4. The van der Waals surface area contributed by atoms with E-state index in [1.165, 1.54) is 11.1 Å². The molecule has 0 saturated carbocycles. The molecule has 1 heterocycles. The Labute approximate surface area is 206 Å². The van der Waals surface area contributed by atoms with Crippen LogP contribution >= 0.6 is 0 Å². The maximum atomic E-state index is 13.7. The number of carbonyl (C=O) groups excluding carboxylic acids is 2. The molecule has 1 aromatic heterocycles. The number of nitrogens with two attached hydrogens (primary N) is 1. The number of imidazole rings is 1. The SMILES string of the molecule is CCCCC(CC)NC1(C(=O)N[C@H](Cc2cnc[nH]2)C(N)=O)CCc2ccccc2C1.[CH2]=[V]. The second-order valence-electron chi connectivity index (χ2n) is 8.63. The van der Waals surface area contributed by atoms with Crippen molar-refractivity contribution in [2.45, 2.75) is 82.8 Å². The van der Waals surface area contributed by atoms with Crippen molar-refractivity contribution in [2.24, 2.45) is 5.73 Å². The Morgan fingerprint density at radius 1 is 1.27 bits per heavy atom. The molecular formula is C25H37N5O2V. The van der Waals surface area contributed by atoms with Crippen molar-refractivity contribution in [3.05, 3.63) is 53.6 Å². The Kier molecular flexibility index (Phi) is 11.0. The molecule has 33 heavy (non-hydrogen) atoms. The van der Waals surface area contributed by atoms with Crippen LogP contribution in [0.15, 0.2) is 36.8 Å². The number of amides is 2. The molecule has 0 spiro atoms. The number of aryl methyl sites for hydroxylation is 1. The average Bonchev–Trinajstić information content (AvgIpc) is 3.35. The van der Waals surface area contributed by atoms with Gasteiger partial charge < -0.3 is 21.4 Å². The molecule has 0 aliphatic heterocycles. The molecule has 0 fully saturated rings. The minimum absolute atomic E-state index is 0.153. The van der Waals surface area contributed by atoms with Gasteiger partial charge in [0.05, 0.1) is 6.33 Å². The van der Waals surface area contributed by atoms with Crippen LogP contribution in [0.2, 0.25) is 0 Å². The Morgan fingerprint density at radius 3 is 2.61 bits per heavy atom. The molecule has 2 aromatic rings. The summed E-state index contributed by atoms with van der Waals surface area (Å²) in [6.07, 6.45) is 9.81. The molecule has 1 aliphatic carbocycles. The molecule has 8 heteroatoms. The number of aromatic amines is 1. The van der Waals surface area contributed by atoms with Gasteiger partial charge in [-0.3, -0.25) is 9.59 Å². The van der Waals surface area contributed by atoms with E-state index < -0.39 is 17.5 Å². The summed E-state index contributed by atoms with van der Waals surface area (Å²) in [7, 11) is 0. The summed E-state index contributed by atoms with van der Waals surface area (Å²) in [5.41, 5.74) is 8.11. The summed E-state index contributed by atoms with van der Waals surface area (Å²) in [5, 5.41) is 9.86. The predicted octanol–water partition coefficient (Wildman–Crippen LogP) is 2.37. The van der Waals surface area contributed by atoms with E-state index in [1.54, 1.807) is 12.5 Å². The molecule has 179 valence electrons. The molecule has 5 N–H and O–H groups in total. The predicted molar refractivity (Wildman–Crippen MR) is 128 cm³/mol. The maximum absolute atomic E-state index is 13.7. The third-order valence-corrected chi connectivity index (χ3v) is 6.37. The van der Waals surface area contributed by atoms with Crippen LogP contribution < -0.4 is 16.4 Å². The third kappa shape index (κ3) is 7.39. The van der Waals surface area contributed by atoms with Crippen LogP contribution in [-0.2, 0) is 45.8 Å². The summed E-state index contributed by atoms with van der Waals surface area (Å²) in [6, 6.07) is 7.75. The molecule has 3 rings (SSSR count). The van der Waals surface area contributed by atoms with Gasteiger partial charge in [-0.2, -0.15) is 0 Å². The van der Waals surface area contributed by atoms with E-state index in [-0.39, 0.29) is 11.9 Å². The summed E-state index contributed by atoms with van der Waals surface area (Å²) in [4.78, 5) is 32.8. The van der Waals surface area contributed by atoms with Crippen LogP contribution in [0.25, 0.3) is 0 Å². The van der Waals surface area contributed by atoms with Gasteiger partial charge in [0.2, 0.25) is 11.8 Å². The quantitative estimate of drug-likeness (QED) is 0.387. The zero-order valence-corrected chi connectivity index (χ0v) is 21.2.